The monoisotopic (exact) mass is 335 g/mol. The second-order valence-corrected chi connectivity index (χ2v) is 6.02. The topological polar surface area (TPSA) is 29.5 Å². The highest BCUT2D eigenvalue weighted by Gasteiger charge is 2.43. The van der Waals surface area contributed by atoms with Crippen LogP contribution in [0.1, 0.15) is 30.5 Å². The average Bonchev–Trinajstić information content (AvgIpc) is 2.94. The number of hydrogen-bond donors (Lipinski definition) is 0. The number of halogens is 3. The van der Waals surface area contributed by atoms with Crippen molar-refractivity contribution in [3.05, 3.63) is 65.7 Å². The normalized spacial score (nSPS) is 24.2. The lowest BCUT2D eigenvalue weighted by Gasteiger charge is -2.25. The van der Waals surface area contributed by atoms with Gasteiger partial charge in [0.1, 0.15) is 0 Å². The predicted molar refractivity (Wildman–Crippen MR) is 83.3 cm³/mol. The highest BCUT2D eigenvalue weighted by atomic mass is 19.4. The van der Waals surface area contributed by atoms with Crippen molar-refractivity contribution in [2.45, 2.75) is 31.2 Å². The minimum Gasteiger partial charge on any atom is -0.300 e. The first kappa shape index (κ1) is 16.5. The van der Waals surface area contributed by atoms with Crippen LogP contribution in [0.3, 0.4) is 0 Å². The van der Waals surface area contributed by atoms with Crippen LogP contribution >= 0.6 is 0 Å². The fraction of sp³-hybridized carbons (Fsp3) is 0.278. The van der Waals surface area contributed by atoms with Crippen LogP contribution in [0.2, 0.25) is 0 Å². The summed E-state index contributed by atoms with van der Waals surface area (Å²) in [6.45, 7) is 1.67. The van der Waals surface area contributed by atoms with Crippen molar-refractivity contribution in [3.8, 4) is 0 Å². The Morgan fingerprint density at radius 1 is 1.12 bits per heavy atom. The molecule has 2 unspecified atom stereocenters. The first-order valence-electron chi connectivity index (χ1n) is 7.49. The molecule has 3 nitrogen and oxygen atoms in total. The van der Waals surface area contributed by atoms with Crippen molar-refractivity contribution in [3.63, 3.8) is 0 Å². The van der Waals surface area contributed by atoms with Crippen molar-refractivity contribution in [2.24, 2.45) is 0 Å². The van der Waals surface area contributed by atoms with E-state index in [1.54, 1.807) is 12.0 Å². The molecule has 0 N–H and O–H groups in total. The zero-order valence-corrected chi connectivity index (χ0v) is 13.0. The van der Waals surface area contributed by atoms with Gasteiger partial charge in [0.25, 0.3) is 0 Å². The second kappa shape index (κ2) is 5.94. The summed E-state index contributed by atoms with van der Waals surface area (Å²) < 4.78 is 38.2. The van der Waals surface area contributed by atoms with E-state index in [1.807, 2.05) is 30.3 Å². The SMILES string of the molecule is CC1(C=O)CC(c2ccc(C(F)(F)F)cc2)N(c2ccccc2)O1. The minimum absolute atomic E-state index is 0.343. The molecule has 0 aliphatic carbocycles. The van der Waals surface area contributed by atoms with Crippen LogP contribution in [0.4, 0.5) is 18.9 Å². The molecule has 0 bridgehead atoms. The van der Waals surface area contributed by atoms with Crippen LogP contribution < -0.4 is 5.06 Å². The van der Waals surface area contributed by atoms with Crippen LogP contribution in [-0.2, 0) is 15.8 Å². The Bertz CT molecular complexity index is 715. The van der Waals surface area contributed by atoms with Crippen LogP contribution in [-0.4, -0.2) is 11.9 Å². The van der Waals surface area contributed by atoms with E-state index in [9.17, 15) is 18.0 Å². The molecular weight excluding hydrogens is 319 g/mol. The van der Waals surface area contributed by atoms with Gasteiger partial charge in [0.2, 0.25) is 0 Å². The molecule has 126 valence electrons. The number of para-hydroxylation sites is 1. The van der Waals surface area contributed by atoms with E-state index in [-0.39, 0.29) is 6.04 Å². The van der Waals surface area contributed by atoms with Gasteiger partial charge >= 0.3 is 6.18 Å². The molecule has 3 rings (SSSR count). The molecule has 0 aromatic heterocycles. The number of hydrogen-bond acceptors (Lipinski definition) is 3. The molecule has 2 atom stereocenters. The molecule has 0 saturated carbocycles. The molecule has 1 aliphatic heterocycles. The molecule has 1 saturated heterocycles. The number of rotatable bonds is 3. The van der Waals surface area contributed by atoms with Crippen molar-refractivity contribution in [1.82, 2.24) is 0 Å². The summed E-state index contributed by atoms with van der Waals surface area (Å²) in [7, 11) is 0. The smallest absolute Gasteiger partial charge is 0.300 e. The zero-order chi connectivity index (χ0) is 17.4. The van der Waals surface area contributed by atoms with E-state index in [0.29, 0.717) is 12.0 Å². The Morgan fingerprint density at radius 3 is 2.29 bits per heavy atom. The Hall–Kier alpha value is -2.34. The van der Waals surface area contributed by atoms with Crippen molar-refractivity contribution < 1.29 is 22.8 Å². The molecule has 1 fully saturated rings. The number of carbonyl (C=O) groups excluding carboxylic acids is 1. The van der Waals surface area contributed by atoms with E-state index < -0.39 is 17.3 Å². The number of aldehydes is 1. The Morgan fingerprint density at radius 2 is 1.75 bits per heavy atom. The maximum Gasteiger partial charge on any atom is 0.416 e. The molecule has 0 radical (unpaired) electrons. The molecule has 2 aromatic rings. The maximum absolute atomic E-state index is 12.7. The van der Waals surface area contributed by atoms with Crippen molar-refractivity contribution in [1.29, 1.82) is 0 Å². The molecule has 6 heteroatoms. The van der Waals surface area contributed by atoms with E-state index >= 15 is 0 Å². The summed E-state index contributed by atoms with van der Waals surface area (Å²) >= 11 is 0. The summed E-state index contributed by atoms with van der Waals surface area (Å²) in [5.41, 5.74) is -0.302. The van der Waals surface area contributed by atoms with E-state index in [4.69, 9.17) is 4.84 Å². The van der Waals surface area contributed by atoms with Gasteiger partial charge in [0.15, 0.2) is 11.9 Å². The number of anilines is 1. The number of alkyl halides is 3. The second-order valence-electron chi connectivity index (χ2n) is 6.02. The molecule has 0 spiro atoms. The van der Waals surface area contributed by atoms with Gasteiger partial charge in [-0.05, 0) is 36.8 Å². The van der Waals surface area contributed by atoms with Gasteiger partial charge in [-0.1, -0.05) is 30.3 Å². The third kappa shape index (κ3) is 3.14. The molecule has 24 heavy (non-hydrogen) atoms. The summed E-state index contributed by atoms with van der Waals surface area (Å²) in [5, 5.41) is 1.59. The first-order valence-corrected chi connectivity index (χ1v) is 7.49. The van der Waals surface area contributed by atoms with Gasteiger partial charge in [-0.2, -0.15) is 13.2 Å². The molecule has 0 amide bonds. The van der Waals surface area contributed by atoms with Gasteiger partial charge in [0.05, 0.1) is 17.3 Å². The molecule has 1 aliphatic rings. The highest BCUT2D eigenvalue weighted by Crippen LogP contribution is 2.42. The van der Waals surface area contributed by atoms with E-state index in [2.05, 4.69) is 0 Å². The summed E-state index contributed by atoms with van der Waals surface area (Å²) in [5.74, 6) is 0. The van der Waals surface area contributed by atoms with E-state index in [0.717, 1.165) is 24.1 Å². The third-order valence-corrected chi connectivity index (χ3v) is 4.07. The quantitative estimate of drug-likeness (QED) is 0.771. The van der Waals surface area contributed by atoms with Crippen LogP contribution in [0.15, 0.2) is 54.6 Å². The van der Waals surface area contributed by atoms with Crippen molar-refractivity contribution >= 4 is 12.0 Å². The van der Waals surface area contributed by atoms with E-state index in [1.165, 1.54) is 12.1 Å². The lowest BCUT2D eigenvalue weighted by atomic mass is 9.94. The van der Waals surface area contributed by atoms with Crippen LogP contribution in [0.5, 0.6) is 0 Å². The number of carbonyl (C=O) groups is 1. The third-order valence-electron chi connectivity index (χ3n) is 4.07. The number of hydroxylamine groups is 1. The lowest BCUT2D eigenvalue weighted by Crippen LogP contribution is -2.28. The molecular formula is C18H16F3NO2. The van der Waals surface area contributed by atoms with Gasteiger partial charge < -0.3 is 4.79 Å². The van der Waals surface area contributed by atoms with Gasteiger partial charge in [-0.25, -0.2) is 5.06 Å². The highest BCUT2D eigenvalue weighted by molar-refractivity contribution is 5.64. The Balaban J connectivity index is 1.96. The van der Waals surface area contributed by atoms with Crippen LogP contribution in [0.25, 0.3) is 0 Å². The minimum atomic E-state index is -4.37. The summed E-state index contributed by atoms with van der Waals surface area (Å²) in [4.78, 5) is 17.2. The van der Waals surface area contributed by atoms with Crippen LogP contribution in [0, 0.1) is 0 Å². The maximum atomic E-state index is 12.7. The number of nitrogens with zero attached hydrogens (tertiary/aromatic N) is 1. The fourth-order valence-corrected chi connectivity index (χ4v) is 2.82. The van der Waals surface area contributed by atoms with Gasteiger partial charge in [-0.3, -0.25) is 4.84 Å². The standard InChI is InChI=1S/C18H16F3NO2/c1-17(12-23)11-16(22(24-17)15-5-3-2-4-6-15)13-7-9-14(10-8-13)18(19,20)21/h2-10,12,16H,11H2,1H3. The summed E-state index contributed by atoms with van der Waals surface area (Å²) in [6, 6.07) is 13.8. The molecule has 1 heterocycles. The van der Waals surface area contributed by atoms with Gasteiger partial charge in [-0.15, -0.1) is 0 Å². The predicted octanol–water partition coefficient (Wildman–Crippen LogP) is 4.55. The fourth-order valence-electron chi connectivity index (χ4n) is 2.82. The largest absolute Gasteiger partial charge is 0.416 e. The lowest BCUT2D eigenvalue weighted by molar-refractivity contribution is -0.137. The average molecular weight is 335 g/mol. The Kier molecular flexibility index (Phi) is 4.09. The first-order chi connectivity index (χ1) is 11.3. The van der Waals surface area contributed by atoms with Gasteiger partial charge in [0, 0.05) is 6.42 Å². The number of benzene rings is 2. The summed E-state index contributed by atoms with van der Waals surface area (Å²) in [6.07, 6.45) is -3.29. The zero-order valence-electron chi connectivity index (χ0n) is 13.0. The Labute approximate surface area is 137 Å². The molecule has 2 aromatic carbocycles. The van der Waals surface area contributed by atoms with Crippen molar-refractivity contribution in [2.75, 3.05) is 5.06 Å².